The third-order valence-electron chi connectivity index (χ3n) is 5.91. The largest absolute Gasteiger partial charge is 0.344 e. The minimum atomic E-state index is -0.544. The van der Waals surface area contributed by atoms with Gasteiger partial charge in [-0.1, -0.05) is 56.3 Å². The zero-order valence-corrected chi connectivity index (χ0v) is 18.6. The van der Waals surface area contributed by atoms with Gasteiger partial charge in [0.1, 0.15) is 6.04 Å². The molecule has 1 aromatic heterocycles. The zero-order chi connectivity index (χ0) is 22.5. The van der Waals surface area contributed by atoms with E-state index in [-0.39, 0.29) is 24.2 Å². The summed E-state index contributed by atoms with van der Waals surface area (Å²) in [6.07, 6.45) is 3.69. The highest BCUT2D eigenvalue weighted by Gasteiger charge is 2.31. The minimum absolute atomic E-state index is 0.00514. The van der Waals surface area contributed by atoms with E-state index < -0.39 is 6.04 Å². The lowest BCUT2D eigenvalue weighted by Crippen LogP contribution is -2.56. The lowest BCUT2D eigenvalue weighted by atomic mass is 10.00. The topological polar surface area (TPSA) is 78.4 Å². The maximum atomic E-state index is 13.2. The average molecular weight is 432 g/mol. The monoisotopic (exact) mass is 431 g/mol. The molecular formula is C25H29N5O2. The molecule has 0 saturated carbocycles. The Bertz CT molecular complexity index is 1070. The Morgan fingerprint density at radius 2 is 1.62 bits per heavy atom. The summed E-state index contributed by atoms with van der Waals surface area (Å²) in [6.45, 7) is 6.44. The maximum absolute atomic E-state index is 13.2. The predicted octanol–water partition coefficient (Wildman–Crippen LogP) is 2.66. The van der Waals surface area contributed by atoms with Crippen molar-refractivity contribution in [3.8, 4) is 0 Å². The van der Waals surface area contributed by atoms with E-state index in [1.165, 1.54) is 0 Å². The molecule has 2 amide bonds. The summed E-state index contributed by atoms with van der Waals surface area (Å²) in [5, 5.41) is 5.17. The van der Waals surface area contributed by atoms with Crippen molar-refractivity contribution in [3.63, 3.8) is 0 Å². The Morgan fingerprint density at radius 3 is 2.34 bits per heavy atom. The lowest BCUT2D eigenvalue weighted by Gasteiger charge is -2.37. The van der Waals surface area contributed by atoms with Gasteiger partial charge in [-0.25, -0.2) is 9.97 Å². The molecule has 1 N–H and O–H groups in total. The summed E-state index contributed by atoms with van der Waals surface area (Å²) in [5.41, 5.74) is 0.965. The number of hydrogen-bond acceptors (Lipinski definition) is 5. The summed E-state index contributed by atoms with van der Waals surface area (Å²) < 4.78 is 0. The fraction of sp³-hybridized carbons (Fsp3) is 0.360. The highest BCUT2D eigenvalue weighted by Crippen LogP contribution is 2.19. The van der Waals surface area contributed by atoms with Gasteiger partial charge in [-0.15, -0.1) is 0 Å². The number of anilines is 1. The van der Waals surface area contributed by atoms with E-state index in [9.17, 15) is 9.59 Å². The van der Waals surface area contributed by atoms with Crippen LogP contribution in [0.2, 0.25) is 0 Å². The van der Waals surface area contributed by atoms with E-state index in [0.717, 1.165) is 16.3 Å². The van der Waals surface area contributed by atoms with Crippen molar-refractivity contribution in [2.24, 2.45) is 5.92 Å². The third-order valence-corrected chi connectivity index (χ3v) is 5.91. The molecule has 7 heteroatoms. The van der Waals surface area contributed by atoms with E-state index in [1.807, 2.05) is 61.2 Å². The van der Waals surface area contributed by atoms with Gasteiger partial charge in [-0.05, 0) is 28.3 Å². The Hall–Kier alpha value is -3.48. The van der Waals surface area contributed by atoms with Crippen LogP contribution in [0, 0.1) is 5.92 Å². The summed E-state index contributed by atoms with van der Waals surface area (Å²) in [6, 6.07) is 15.3. The van der Waals surface area contributed by atoms with Gasteiger partial charge in [-0.3, -0.25) is 9.59 Å². The van der Waals surface area contributed by atoms with Crippen LogP contribution in [0.3, 0.4) is 0 Å². The van der Waals surface area contributed by atoms with E-state index in [1.54, 1.807) is 18.5 Å². The number of carbonyl (C=O) groups is 2. The summed E-state index contributed by atoms with van der Waals surface area (Å²) in [4.78, 5) is 38.6. The molecule has 0 radical (unpaired) electrons. The van der Waals surface area contributed by atoms with Crippen molar-refractivity contribution in [2.45, 2.75) is 26.3 Å². The SMILES string of the molecule is CC(C)[C@@H](NC(=O)Cc1cccc2ccccc12)C(=O)N1CCN(c2ncccn2)CC1. The van der Waals surface area contributed by atoms with Crippen LogP contribution in [0.15, 0.2) is 60.9 Å². The fourth-order valence-electron chi connectivity index (χ4n) is 4.14. The number of piperazine rings is 1. The Kier molecular flexibility index (Phi) is 6.63. The van der Waals surface area contributed by atoms with Gasteiger partial charge in [0.15, 0.2) is 0 Å². The van der Waals surface area contributed by atoms with Crippen molar-refractivity contribution < 1.29 is 9.59 Å². The standard InChI is InChI=1S/C25H29N5O2/c1-18(2)23(24(32)29-13-15-30(16-14-29)25-26-11-6-12-27-25)28-22(31)17-20-9-5-8-19-7-3-4-10-21(19)20/h3-12,18,23H,13-17H2,1-2H3,(H,28,31)/t23-/m1/s1. The van der Waals surface area contributed by atoms with Gasteiger partial charge in [0, 0.05) is 38.6 Å². The molecule has 4 rings (SSSR count). The van der Waals surface area contributed by atoms with Crippen LogP contribution in [-0.4, -0.2) is 58.9 Å². The van der Waals surface area contributed by atoms with Gasteiger partial charge in [0.2, 0.25) is 17.8 Å². The van der Waals surface area contributed by atoms with Crippen molar-refractivity contribution in [1.29, 1.82) is 0 Å². The third kappa shape index (κ3) is 4.88. The highest BCUT2D eigenvalue weighted by molar-refractivity contribution is 5.92. The molecule has 2 aromatic carbocycles. The molecule has 1 saturated heterocycles. The fourth-order valence-corrected chi connectivity index (χ4v) is 4.14. The van der Waals surface area contributed by atoms with Gasteiger partial charge in [-0.2, -0.15) is 0 Å². The minimum Gasteiger partial charge on any atom is -0.344 e. The molecule has 2 heterocycles. The molecule has 32 heavy (non-hydrogen) atoms. The molecular weight excluding hydrogens is 402 g/mol. The quantitative estimate of drug-likeness (QED) is 0.649. The number of nitrogens with one attached hydrogen (secondary N) is 1. The Morgan fingerprint density at radius 1 is 0.938 bits per heavy atom. The number of benzene rings is 2. The highest BCUT2D eigenvalue weighted by atomic mass is 16.2. The van der Waals surface area contributed by atoms with Crippen molar-refractivity contribution in [3.05, 3.63) is 66.5 Å². The van der Waals surface area contributed by atoms with Crippen molar-refractivity contribution in [2.75, 3.05) is 31.1 Å². The summed E-state index contributed by atoms with van der Waals surface area (Å²) >= 11 is 0. The van der Waals surface area contributed by atoms with Crippen LogP contribution in [-0.2, 0) is 16.0 Å². The van der Waals surface area contributed by atoms with Gasteiger partial charge < -0.3 is 15.1 Å². The smallest absolute Gasteiger partial charge is 0.245 e. The van der Waals surface area contributed by atoms with Crippen LogP contribution in [0.1, 0.15) is 19.4 Å². The Labute approximate surface area is 188 Å². The lowest BCUT2D eigenvalue weighted by molar-refractivity contribution is -0.137. The van der Waals surface area contributed by atoms with E-state index in [0.29, 0.717) is 32.1 Å². The van der Waals surface area contributed by atoms with Crippen LogP contribution >= 0.6 is 0 Å². The molecule has 1 atom stereocenters. The van der Waals surface area contributed by atoms with Crippen LogP contribution < -0.4 is 10.2 Å². The number of aromatic nitrogens is 2. The van der Waals surface area contributed by atoms with Gasteiger partial charge in [0.05, 0.1) is 6.42 Å². The number of hydrogen-bond donors (Lipinski definition) is 1. The zero-order valence-electron chi connectivity index (χ0n) is 18.6. The van der Waals surface area contributed by atoms with Crippen molar-refractivity contribution in [1.82, 2.24) is 20.2 Å². The maximum Gasteiger partial charge on any atom is 0.245 e. The first kappa shape index (κ1) is 21.7. The second-order valence-corrected chi connectivity index (χ2v) is 8.47. The summed E-state index contributed by atoms with van der Waals surface area (Å²) in [7, 11) is 0. The second-order valence-electron chi connectivity index (χ2n) is 8.47. The van der Waals surface area contributed by atoms with Crippen LogP contribution in [0.25, 0.3) is 10.8 Å². The molecule has 3 aromatic rings. The molecule has 1 aliphatic rings. The predicted molar refractivity (Wildman–Crippen MR) is 125 cm³/mol. The van der Waals surface area contributed by atoms with Gasteiger partial charge >= 0.3 is 0 Å². The van der Waals surface area contributed by atoms with E-state index in [4.69, 9.17) is 0 Å². The van der Waals surface area contributed by atoms with E-state index in [2.05, 4.69) is 20.2 Å². The normalized spacial score (nSPS) is 15.1. The molecule has 7 nitrogen and oxygen atoms in total. The first-order valence-electron chi connectivity index (χ1n) is 11.1. The van der Waals surface area contributed by atoms with Crippen LogP contribution in [0.4, 0.5) is 5.95 Å². The second kappa shape index (κ2) is 9.77. The number of fused-ring (bicyclic) bond motifs is 1. The first-order chi connectivity index (χ1) is 15.5. The Balaban J connectivity index is 1.39. The molecule has 0 unspecified atom stereocenters. The number of nitrogens with zero attached hydrogens (tertiary/aromatic N) is 4. The average Bonchev–Trinajstić information content (AvgIpc) is 2.83. The number of rotatable bonds is 6. The van der Waals surface area contributed by atoms with E-state index >= 15 is 0 Å². The molecule has 1 fully saturated rings. The molecule has 166 valence electrons. The van der Waals surface area contributed by atoms with Crippen molar-refractivity contribution >= 4 is 28.5 Å². The first-order valence-corrected chi connectivity index (χ1v) is 11.1. The number of carbonyl (C=O) groups excluding carboxylic acids is 2. The molecule has 0 spiro atoms. The molecule has 0 aliphatic carbocycles. The molecule has 1 aliphatic heterocycles. The van der Waals surface area contributed by atoms with Gasteiger partial charge in [0.25, 0.3) is 0 Å². The number of amides is 2. The summed E-state index contributed by atoms with van der Waals surface area (Å²) in [5.74, 6) is 0.516. The van der Waals surface area contributed by atoms with Crippen LogP contribution in [0.5, 0.6) is 0 Å². The molecule has 0 bridgehead atoms.